The van der Waals surface area contributed by atoms with Crippen molar-refractivity contribution < 1.29 is 28.7 Å². The Morgan fingerprint density at radius 3 is 0.923 bits per heavy atom. The van der Waals surface area contributed by atoms with Crippen LogP contribution in [0.1, 0.15) is 13.8 Å². The molecule has 0 aliphatic rings. The minimum atomic E-state index is -3.65. The van der Waals surface area contributed by atoms with Crippen LogP contribution < -0.4 is 0 Å². The number of rotatable bonds is 2. The summed E-state index contributed by atoms with van der Waals surface area (Å²) in [5, 5.41) is 0. The second-order valence-electron chi connectivity index (χ2n) is 1.96. The molecule has 0 aliphatic carbocycles. The summed E-state index contributed by atoms with van der Waals surface area (Å²) in [6.45, 7) is 2.89. The van der Waals surface area contributed by atoms with Crippen LogP contribution in [0.5, 0.6) is 0 Å². The summed E-state index contributed by atoms with van der Waals surface area (Å²) >= 11 is 0. The standard InChI is InChI=1S/2C2H7O3P.Na/c2*1-2-6(3,4)5;/h2*2H2,1H3,(H2,3,4,5);. The third-order valence-corrected chi connectivity index (χ3v) is 2.47. The van der Waals surface area contributed by atoms with E-state index in [0.29, 0.717) is 0 Å². The van der Waals surface area contributed by atoms with E-state index >= 15 is 0 Å². The third-order valence-electron chi connectivity index (χ3n) is 0.824. The van der Waals surface area contributed by atoms with E-state index in [9.17, 15) is 9.13 Å². The zero-order valence-corrected chi connectivity index (χ0v) is 11.7. The minimum Gasteiger partial charge on any atom is -0.324 e. The molecule has 0 atom stereocenters. The first-order chi connectivity index (χ1) is 5.12. The molecule has 0 fully saturated rings. The summed E-state index contributed by atoms with van der Waals surface area (Å²) in [5.41, 5.74) is 0. The molecular formula is C4H14NaO6P2. The maximum Gasteiger partial charge on any atom is 0.325 e. The average molecular weight is 243 g/mol. The van der Waals surface area contributed by atoms with Crippen LogP contribution in [0, 0.1) is 0 Å². The van der Waals surface area contributed by atoms with Crippen molar-refractivity contribution in [3.05, 3.63) is 0 Å². The largest absolute Gasteiger partial charge is 0.325 e. The Balaban J connectivity index is -0.000000143. The molecular weight excluding hydrogens is 229 g/mol. The Bertz CT molecular complexity index is 173. The van der Waals surface area contributed by atoms with Gasteiger partial charge in [0.1, 0.15) is 0 Å². The van der Waals surface area contributed by atoms with Crippen molar-refractivity contribution in [1.29, 1.82) is 0 Å². The Labute approximate surface area is 99.4 Å². The first kappa shape index (κ1) is 19.8. The molecule has 0 aliphatic heterocycles. The van der Waals surface area contributed by atoms with Crippen LogP contribution >= 0.6 is 15.2 Å². The van der Waals surface area contributed by atoms with E-state index in [1.54, 1.807) is 0 Å². The fourth-order valence-electron chi connectivity index (χ4n) is 0. The zero-order chi connectivity index (χ0) is 10.4. The molecule has 0 bridgehead atoms. The topological polar surface area (TPSA) is 115 Å². The van der Waals surface area contributed by atoms with E-state index in [-0.39, 0.29) is 41.9 Å². The monoisotopic (exact) mass is 243 g/mol. The first-order valence-corrected chi connectivity index (χ1v) is 6.81. The zero-order valence-electron chi connectivity index (χ0n) is 7.91. The van der Waals surface area contributed by atoms with Gasteiger partial charge in [-0.3, -0.25) is 9.13 Å². The Morgan fingerprint density at radius 1 is 0.846 bits per heavy atom. The predicted molar refractivity (Wildman–Crippen MR) is 50.9 cm³/mol. The van der Waals surface area contributed by atoms with Gasteiger partial charge >= 0.3 is 15.2 Å². The Kier molecular flexibility index (Phi) is 13.1. The van der Waals surface area contributed by atoms with Gasteiger partial charge < -0.3 is 19.6 Å². The van der Waals surface area contributed by atoms with E-state index in [1.807, 2.05) is 0 Å². The summed E-state index contributed by atoms with van der Waals surface area (Å²) in [5.74, 6) is 0. The third kappa shape index (κ3) is 31.9. The van der Waals surface area contributed by atoms with Crippen molar-refractivity contribution in [1.82, 2.24) is 0 Å². The molecule has 0 heterocycles. The summed E-state index contributed by atoms with van der Waals surface area (Å²) in [6.07, 6.45) is -0.125. The van der Waals surface area contributed by atoms with E-state index in [1.165, 1.54) is 13.8 Å². The van der Waals surface area contributed by atoms with Crippen molar-refractivity contribution in [2.75, 3.05) is 12.3 Å². The van der Waals surface area contributed by atoms with Crippen molar-refractivity contribution in [2.45, 2.75) is 13.8 Å². The van der Waals surface area contributed by atoms with Crippen LogP contribution in [0.2, 0.25) is 0 Å². The van der Waals surface area contributed by atoms with Crippen molar-refractivity contribution in [3.63, 3.8) is 0 Å². The van der Waals surface area contributed by atoms with Gasteiger partial charge in [-0.25, -0.2) is 0 Å². The van der Waals surface area contributed by atoms with Gasteiger partial charge in [-0.05, 0) is 0 Å². The molecule has 6 nitrogen and oxygen atoms in total. The van der Waals surface area contributed by atoms with Crippen LogP contribution in [-0.4, -0.2) is 61.5 Å². The summed E-state index contributed by atoms with van der Waals surface area (Å²) in [6, 6.07) is 0. The fourth-order valence-corrected chi connectivity index (χ4v) is 0. The second-order valence-corrected chi connectivity index (χ2v) is 5.89. The summed E-state index contributed by atoms with van der Waals surface area (Å²) in [7, 11) is -7.29. The Hall–Kier alpha value is 1.30. The average Bonchev–Trinajstić information content (AvgIpc) is 1.86. The molecule has 0 saturated carbocycles. The fraction of sp³-hybridized carbons (Fsp3) is 1.00. The summed E-state index contributed by atoms with van der Waals surface area (Å²) in [4.78, 5) is 31.8. The SMILES string of the molecule is CCP(=O)(O)O.CCP(=O)(O)O.[Na]. The minimum absolute atomic E-state index is 0. The van der Waals surface area contributed by atoms with E-state index in [0.717, 1.165) is 0 Å². The predicted octanol–water partition coefficient (Wildman–Crippen LogP) is -0.0128. The van der Waals surface area contributed by atoms with Crippen LogP contribution in [0.4, 0.5) is 0 Å². The normalized spacial score (nSPS) is 10.9. The van der Waals surface area contributed by atoms with Crippen LogP contribution in [0.15, 0.2) is 0 Å². The van der Waals surface area contributed by atoms with Crippen LogP contribution in [0.25, 0.3) is 0 Å². The quantitative estimate of drug-likeness (QED) is 0.400. The van der Waals surface area contributed by atoms with Gasteiger partial charge in [0.2, 0.25) is 0 Å². The smallest absolute Gasteiger partial charge is 0.324 e. The molecule has 0 saturated heterocycles. The molecule has 0 spiro atoms. The van der Waals surface area contributed by atoms with E-state index in [2.05, 4.69) is 0 Å². The van der Waals surface area contributed by atoms with E-state index < -0.39 is 15.2 Å². The molecule has 77 valence electrons. The molecule has 0 aromatic carbocycles. The van der Waals surface area contributed by atoms with Crippen molar-refractivity contribution in [2.24, 2.45) is 0 Å². The van der Waals surface area contributed by atoms with Crippen LogP contribution in [0.3, 0.4) is 0 Å². The molecule has 0 amide bonds. The first-order valence-electron chi connectivity index (χ1n) is 3.21. The van der Waals surface area contributed by atoms with Gasteiger partial charge in [-0.2, -0.15) is 0 Å². The van der Waals surface area contributed by atoms with Gasteiger partial charge in [0.25, 0.3) is 0 Å². The van der Waals surface area contributed by atoms with Crippen molar-refractivity contribution >= 4 is 44.7 Å². The van der Waals surface area contributed by atoms with Crippen molar-refractivity contribution in [3.8, 4) is 0 Å². The van der Waals surface area contributed by atoms with Gasteiger partial charge in [0.05, 0.1) is 0 Å². The molecule has 0 aromatic heterocycles. The molecule has 1 radical (unpaired) electrons. The molecule has 13 heavy (non-hydrogen) atoms. The van der Waals surface area contributed by atoms with Gasteiger partial charge in [-0.1, -0.05) is 13.8 Å². The molecule has 4 N–H and O–H groups in total. The van der Waals surface area contributed by atoms with E-state index in [4.69, 9.17) is 19.6 Å². The summed E-state index contributed by atoms with van der Waals surface area (Å²) < 4.78 is 19.4. The maximum atomic E-state index is 9.69. The maximum absolute atomic E-state index is 9.69. The molecule has 9 heteroatoms. The molecule has 0 unspecified atom stereocenters. The number of hydrogen-bond donors (Lipinski definition) is 4. The van der Waals surface area contributed by atoms with Gasteiger partial charge in [0.15, 0.2) is 0 Å². The molecule has 0 aromatic rings. The van der Waals surface area contributed by atoms with Crippen LogP contribution in [-0.2, 0) is 9.13 Å². The number of hydrogen-bond acceptors (Lipinski definition) is 2. The van der Waals surface area contributed by atoms with Gasteiger partial charge in [0, 0.05) is 41.9 Å². The molecule has 0 rings (SSSR count). The van der Waals surface area contributed by atoms with Gasteiger partial charge in [-0.15, -0.1) is 0 Å². The second kappa shape index (κ2) is 8.60. The Morgan fingerprint density at radius 2 is 0.923 bits per heavy atom.